The summed E-state index contributed by atoms with van der Waals surface area (Å²) in [4.78, 5) is 12.5. The zero-order chi connectivity index (χ0) is 20.1. The zero-order valence-electron chi connectivity index (χ0n) is 16.5. The van der Waals surface area contributed by atoms with Gasteiger partial charge in [-0.2, -0.15) is 0 Å². The molecule has 0 saturated carbocycles. The molecule has 4 nitrogen and oxygen atoms in total. The number of rotatable bonds is 7. The highest BCUT2D eigenvalue weighted by Gasteiger charge is 2.12. The third kappa shape index (κ3) is 4.16. The normalized spacial score (nSPS) is 10.8. The minimum Gasteiger partial charge on any atom is -0.496 e. The topological polar surface area (TPSA) is 43.3 Å². The summed E-state index contributed by atoms with van der Waals surface area (Å²) in [6, 6.07) is 26.1. The minimum absolute atomic E-state index is 0.115. The standard InChI is InChI=1S/C25H24N2O2/c1-29-24-14-8-6-12-22(24)25(28)26-16-15-20-18-27(17-19-9-3-2-4-10-19)23-13-7-5-11-21(20)23/h2-14,18H,15-17H2,1H3,(H,26,28). The highest BCUT2D eigenvalue weighted by atomic mass is 16.5. The van der Waals surface area contributed by atoms with E-state index in [9.17, 15) is 4.79 Å². The van der Waals surface area contributed by atoms with E-state index in [4.69, 9.17) is 4.74 Å². The molecule has 29 heavy (non-hydrogen) atoms. The molecular weight excluding hydrogens is 360 g/mol. The monoisotopic (exact) mass is 384 g/mol. The van der Waals surface area contributed by atoms with E-state index in [1.165, 1.54) is 22.0 Å². The molecule has 1 aromatic heterocycles. The number of hydrogen-bond donors (Lipinski definition) is 1. The van der Waals surface area contributed by atoms with E-state index in [0.29, 0.717) is 17.9 Å². The van der Waals surface area contributed by atoms with E-state index < -0.39 is 0 Å². The van der Waals surface area contributed by atoms with Crippen molar-refractivity contribution < 1.29 is 9.53 Å². The Morgan fingerprint density at radius 1 is 0.931 bits per heavy atom. The van der Waals surface area contributed by atoms with Gasteiger partial charge in [0.2, 0.25) is 0 Å². The van der Waals surface area contributed by atoms with Crippen molar-refractivity contribution in [3.8, 4) is 5.75 Å². The van der Waals surface area contributed by atoms with Gasteiger partial charge in [-0.05, 0) is 35.7 Å². The van der Waals surface area contributed by atoms with Crippen LogP contribution in [-0.2, 0) is 13.0 Å². The maximum Gasteiger partial charge on any atom is 0.255 e. The van der Waals surface area contributed by atoms with Gasteiger partial charge in [0, 0.05) is 30.2 Å². The van der Waals surface area contributed by atoms with Gasteiger partial charge in [-0.25, -0.2) is 0 Å². The molecule has 0 bridgehead atoms. The summed E-state index contributed by atoms with van der Waals surface area (Å²) in [6.07, 6.45) is 2.97. The first-order valence-electron chi connectivity index (χ1n) is 9.78. The maximum atomic E-state index is 12.5. The van der Waals surface area contributed by atoms with Gasteiger partial charge in [0.1, 0.15) is 5.75 Å². The second-order valence-electron chi connectivity index (χ2n) is 6.99. The second-order valence-corrected chi connectivity index (χ2v) is 6.99. The molecule has 146 valence electrons. The van der Waals surface area contributed by atoms with Crippen LogP contribution in [0.4, 0.5) is 0 Å². The molecule has 0 fully saturated rings. The third-order valence-corrected chi connectivity index (χ3v) is 5.10. The van der Waals surface area contributed by atoms with Crippen LogP contribution >= 0.6 is 0 Å². The quantitative estimate of drug-likeness (QED) is 0.503. The fourth-order valence-electron chi connectivity index (χ4n) is 3.67. The van der Waals surface area contributed by atoms with E-state index >= 15 is 0 Å². The van der Waals surface area contributed by atoms with Crippen LogP contribution in [0, 0.1) is 0 Å². The molecule has 1 N–H and O–H groups in total. The van der Waals surface area contributed by atoms with Crippen LogP contribution in [0.3, 0.4) is 0 Å². The summed E-state index contributed by atoms with van der Waals surface area (Å²) in [6.45, 7) is 1.39. The van der Waals surface area contributed by atoms with Crippen LogP contribution in [0.15, 0.2) is 85.1 Å². The number of hydrogen-bond acceptors (Lipinski definition) is 2. The van der Waals surface area contributed by atoms with Crippen molar-refractivity contribution in [3.63, 3.8) is 0 Å². The predicted molar refractivity (Wildman–Crippen MR) is 117 cm³/mol. The first-order valence-corrected chi connectivity index (χ1v) is 9.78. The van der Waals surface area contributed by atoms with E-state index in [-0.39, 0.29) is 5.91 Å². The third-order valence-electron chi connectivity index (χ3n) is 5.10. The summed E-state index contributed by atoms with van der Waals surface area (Å²) < 4.78 is 7.56. The van der Waals surface area contributed by atoms with Gasteiger partial charge in [0.15, 0.2) is 0 Å². The first kappa shape index (κ1) is 18.8. The molecule has 0 aliphatic carbocycles. The van der Waals surface area contributed by atoms with E-state index in [1.807, 2.05) is 18.2 Å². The number of carbonyl (C=O) groups is 1. The molecule has 0 aliphatic rings. The van der Waals surface area contributed by atoms with Crippen molar-refractivity contribution in [2.75, 3.05) is 13.7 Å². The molecule has 0 aliphatic heterocycles. The van der Waals surface area contributed by atoms with Crippen LogP contribution in [0.25, 0.3) is 10.9 Å². The van der Waals surface area contributed by atoms with Crippen LogP contribution in [0.2, 0.25) is 0 Å². The van der Waals surface area contributed by atoms with Crippen molar-refractivity contribution >= 4 is 16.8 Å². The predicted octanol–water partition coefficient (Wildman–Crippen LogP) is 4.67. The van der Waals surface area contributed by atoms with Crippen LogP contribution in [0.5, 0.6) is 5.75 Å². The Morgan fingerprint density at radius 2 is 1.66 bits per heavy atom. The Hall–Kier alpha value is -3.53. The average molecular weight is 384 g/mol. The van der Waals surface area contributed by atoms with Gasteiger partial charge in [-0.3, -0.25) is 4.79 Å². The van der Waals surface area contributed by atoms with Crippen LogP contribution < -0.4 is 10.1 Å². The molecule has 0 saturated heterocycles. The summed E-state index contributed by atoms with van der Waals surface area (Å²) >= 11 is 0. The Bertz CT molecular complexity index is 1120. The summed E-state index contributed by atoms with van der Waals surface area (Å²) in [5.41, 5.74) is 4.27. The van der Waals surface area contributed by atoms with Gasteiger partial charge >= 0.3 is 0 Å². The van der Waals surface area contributed by atoms with Gasteiger partial charge < -0.3 is 14.6 Å². The molecule has 0 atom stereocenters. The smallest absolute Gasteiger partial charge is 0.255 e. The highest BCUT2D eigenvalue weighted by molar-refractivity contribution is 5.97. The zero-order valence-corrected chi connectivity index (χ0v) is 16.5. The highest BCUT2D eigenvalue weighted by Crippen LogP contribution is 2.23. The fraction of sp³-hybridized carbons (Fsp3) is 0.160. The number of nitrogens with zero attached hydrogens (tertiary/aromatic N) is 1. The fourth-order valence-corrected chi connectivity index (χ4v) is 3.67. The Kier molecular flexibility index (Phi) is 5.61. The van der Waals surface area contributed by atoms with Crippen molar-refractivity contribution in [1.82, 2.24) is 9.88 Å². The van der Waals surface area contributed by atoms with Crippen molar-refractivity contribution in [3.05, 3.63) is 102 Å². The van der Waals surface area contributed by atoms with Crippen molar-refractivity contribution in [1.29, 1.82) is 0 Å². The minimum atomic E-state index is -0.115. The van der Waals surface area contributed by atoms with Crippen molar-refractivity contribution in [2.24, 2.45) is 0 Å². The lowest BCUT2D eigenvalue weighted by Gasteiger charge is -2.08. The van der Waals surface area contributed by atoms with E-state index in [2.05, 4.69) is 64.6 Å². The number of nitrogens with one attached hydrogen (secondary N) is 1. The van der Waals surface area contributed by atoms with Gasteiger partial charge in [-0.1, -0.05) is 60.7 Å². The number of carbonyl (C=O) groups excluding carboxylic acids is 1. The number of aromatic nitrogens is 1. The lowest BCUT2D eigenvalue weighted by Crippen LogP contribution is -2.26. The molecule has 4 heteroatoms. The molecule has 4 rings (SSSR count). The van der Waals surface area contributed by atoms with Gasteiger partial charge in [0.05, 0.1) is 12.7 Å². The Labute approximate surface area is 170 Å². The Morgan fingerprint density at radius 3 is 2.48 bits per heavy atom. The SMILES string of the molecule is COc1ccccc1C(=O)NCCc1cn(Cc2ccccc2)c2ccccc12. The average Bonchev–Trinajstić information content (AvgIpc) is 3.12. The molecule has 3 aromatic carbocycles. The summed E-state index contributed by atoms with van der Waals surface area (Å²) in [5, 5.41) is 4.25. The molecule has 0 radical (unpaired) electrons. The Balaban J connectivity index is 1.49. The molecule has 4 aromatic rings. The lowest BCUT2D eigenvalue weighted by atomic mass is 10.1. The first-order chi connectivity index (χ1) is 14.3. The largest absolute Gasteiger partial charge is 0.496 e. The van der Waals surface area contributed by atoms with Crippen LogP contribution in [0.1, 0.15) is 21.5 Å². The van der Waals surface area contributed by atoms with Gasteiger partial charge in [-0.15, -0.1) is 0 Å². The lowest BCUT2D eigenvalue weighted by molar-refractivity contribution is 0.0951. The van der Waals surface area contributed by atoms with Crippen molar-refractivity contribution in [2.45, 2.75) is 13.0 Å². The molecule has 1 heterocycles. The molecule has 1 amide bonds. The number of methoxy groups -OCH3 is 1. The number of amides is 1. The maximum absolute atomic E-state index is 12.5. The number of para-hydroxylation sites is 2. The molecule has 0 spiro atoms. The number of fused-ring (bicyclic) bond motifs is 1. The summed E-state index contributed by atoms with van der Waals surface area (Å²) in [5.74, 6) is 0.472. The molecular formula is C25H24N2O2. The van der Waals surface area contributed by atoms with Crippen LogP contribution in [-0.4, -0.2) is 24.1 Å². The second kappa shape index (κ2) is 8.65. The molecule has 0 unspecified atom stereocenters. The van der Waals surface area contributed by atoms with E-state index in [1.54, 1.807) is 19.2 Å². The van der Waals surface area contributed by atoms with Gasteiger partial charge in [0.25, 0.3) is 5.91 Å². The summed E-state index contributed by atoms with van der Waals surface area (Å²) in [7, 11) is 1.58. The number of benzene rings is 3. The van der Waals surface area contributed by atoms with E-state index in [0.717, 1.165) is 13.0 Å². The number of ether oxygens (including phenoxy) is 1.